The number of hydrogen-bond donors (Lipinski definition) is 1. The first-order chi connectivity index (χ1) is 13.1. The second-order valence-electron chi connectivity index (χ2n) is 7.06. The fraction of sp³-hybridized carbons (Fsp3) is 0.409. The summed E-state index contributed by atoms with van der Waals surface area (Å²) in [5, 5.41) is 3.42. The number of rotatable bonds is 7. The molecule has 0 saturated carbocycles. The number of para-hydroxylation sites is 1. The lowest BCUT2D eigenvalue weighted by atomic mass is 10.1. The number of likely N-dealkylation sites (tertiary alicyclic amines) is 1. The number of hydrogen-bond acceptors (Lipinski definition) is 3. The molecule has 144 valence electrons. The highest BCUT2D eigenvalue weighted by molar-refractivity contribution is 6.32. The molecule has 4 nitrogen and oxygen atoms in total. The zero-order chi connectivity index (χ0) is 19.1. The van der Waals surface area contributed by atoms with Crippen LogP contribution in [-0.2, 0) is 17.9 Å². The number of ether oxygens (including phenoxy) is 1. The van der Waals surface area contributed by atoms with Crippen LogP contribution in [0.2, 0.25) is 5.02 Å². The van der Waals surface area contributed by atoms with Crippen LogP contribution in [0.15, 0.2) is 48.5 Å². The van der Waals surface area contributed by atoms with Gasteiger partial charge in [-0.15, -0.1) is 0 Å². The number of benzene rings is 2. The van der Waals surface area contributed by atoms with Gasteiger partial charge in [0.1, 0.15) is 5.75 Å². The topological polar surface area (TPSA) is 41.6 Å². The number of carbonyl (C=O) groups excluding carboxylic acids is 1. The summed E-state index contributed by atoms with van der Waals surface area (Å²) in [5.74, 6) is 0.358. The van der Waals surface area contributed by atoms with Crippen LogP contribution < -0.4 is 10.1 Å². The Bertz CT molecular complexity index is 742. The van der Waals surface area contributed by atoms with Gasteiger partial charge in [-0.1, -0.05) is 54.4 Å². The SMILES string of the molecule is C[C@H](Oc1ccccc1Cl)C(=O)NCc1ccc(CN2CCCCC2)cc1. The standard InChI is InChI=1S/C22H27ClN2O2/c1-17(27-21-8-4-3-7-20(21)23)22(26)24-15-18-9-11-19(12-10-18)16-25-13-5-2-6-14-25/h3-4,7-12,17H,2,5-6,13-16H2,1H3,(H,24,26)/t17-/m0/s1. The van der Waals surface area contributed by atoms with E-state index in [2.05, 4.69) is 34.5 Å². The summed E-state index contributed by atoms with van der Waals surface area (Å²) in [6.07, 6.45) is 3.36. The Balaban J connectivity index is 1.46. The molecule has 1 N–H and O–H groups in total. The van der Waals surface area contributed by atoms with Gasteiger partial charge < -0.3 is 10.1 Å². The first kappa shape index (κ1) is 19.7. The molecule has 1 amide bonds. The van der Waals surface area contributed by atoms with E-state index in [0.717, 1.165) is 12.1 Å². The largest absolute Gasteiger partial charge is 0.479 e. The van der Waals surface area contributed by atoms with Gasteiger partial charge >= 0.3 is 0 Å². The van der Waals surface area contributed by atoms with Crippen molar-refractivity contribution in [2.45, 2.75) is 45.4 Å². The van der Waals surface area contributed by atoms with E-state index in [-0.39, 0.29) is 5.91 Å². The molecular weight excluding hydrogens is 360 g/mol. The monoisotopic (exact) mass is 386 g/mol. The second-order valence-corrected chi connectivity index (χ2v) is 7.47. The van der Waals surface area contributed by atoms with Gasteiger partial charge in [0, 0.05) is 13.1 Å². The van der Waals surface area contributed by atoms with Crippen molar-refractivity contribution in [1.29, 1.82) is 0 Å². The number of nitrogens with zero attached hydrogens (tertiary/aromatic N) is 1. The number of nitrogens with one attached hydrogen (secondary N) is 1. The molecule has 2 aromatic carbocycles. The summed E-state index contributed by atoms with van der Waals surface area (Å²) in [4.78, 5) is 14.8. The number of carbonyl (C=O) groups is 1. The van der Waals surface area contributed by atoms with Crippen LogP contribution in [0.5, 0.6) is 5.75 Å². The van der Waals surface area contributed by atoms with Crippen molar-refractivity contribution in [3.05, 3.63) is 64.7 Å². The van der Waals surface area contributed by atoms with Crippen LogP contribution in [0.1, 0.15) is 37.3 Å². The minimum Gasteiger partial charge on any atom is -0.479 e. The number of halogens is 1. The third-order valence-corrected chi connectivity index (χ3v) is 5.17. The van der Waals surface area contributed by atoms with Crippen molar-refractivity contribution < 1.29 is 9.53 Å². The summed E-state index contributed by atoms with van der Waals surface area (Å²) < 4.78 is 5.65. The van der Waals surface area contributed by atoms with E-state index in [1.807, 2.05) is 12.1 Å². The lowest BCUT2D eigenvalue weighted by Gasteiger charge is -2.26. The smallest absolute Gasteiger partial charge is 0.261 e. The van der Waals surface area contributed by atoms with Crippen molar-refractivity contribution in [1.82, 2.24) is 10.2 Å². The molecule has 27 heavy (non-hydrogen) atoms. The van der Waals surface area contributed by atoms with Gasteiger partial charge in [-0.05, 0) is 56.1 Å². The first-order valence-electron chi connectivity index (χ1n) is 9.61. The molecule has 1 saturated heterocycles. The average molecular weight is 387 g/mol. The van der Waals surface area contributed by atoms with Crippen molar-refractivity contribution in [3.63, 3.8) is 0 Å². The van der Waals surface area contributed by atoms with Gasteiger partial charge in [0.2, 0.25) is 0 Å². The summed E-state index contributed by atoms with van der Waals surface area (Å²) >= 11 is 6.07. The van der Waals surface area contributed by atoms with Gasteiger partial charge in [-0.25, -0.2) is 0 Å². The Labute approximate surface area is 166 Å². The van der Waals surface area contributed by atoms with E-state index >= 15 is 0 Å². The molecule has 0 bridgehead atoms. The second kappa shape index (κ2) is 9.77. The van der Waals surface area contributed by atoms with Crippen LogP contribution in [-0.4, -0.2) is 30.0 Å². The lowest BCUT2D eigenvalue weighted by molar-refractivity contribution is -0.127. The van der Waals surface area contributed by atoms with Gasteiger partial charge in [-0.2, -0.15) is 0 Å². The van der Waals surface area contributed by atoms with E-state index in [1.165, 1.54) is 37.9 Å². The molecule has 0 unspecified atom stereocenters. The Morgan fingerprint density at radius 1 is 1.07 bits per heavy atom. The Morgan fingerprint density at radius 3 is 2.44 bits per heavy atom. The molecule has 5 heteroatoms. The third-order valence-electron chi connectivity index (χ3n) is 4.85. The maximum absolute atomic E-state index is 12.3. The molecule has 0 aromatic heterocycles. The van der Waals surface area contributed by atoms with Crippen LogP contribution in [0.4, 0.5) is 0 Å². The van der Waals surface area contributed by atoms with Crippen LogP contribution in [0, 0.1) is 0 Å². The zero-order valence-electron chi connectivity index (χ0n) is 15.8. The highest BCUT2D eigenvalue weighted by atomic mass is 35.5. The van der Waals surface area contributed by atoms with Gasteiger partial charge in [0.05, 0.1) is 5.02 Å². The van der Waals surface area contributed by atoms with Crippen LogP contribution in [0.25, 0.3) is 0 Å². The Kier molecular flexibility index (Phi) is 7.13. The summed E-state index contributed by atoms with van der Waals surface area (Å²) in [6, 6.07) is 15.6. The molecule has 3 rings (SSSR count). The molecule has 1 heterocycles. The lowest BCUT2D eigenvalue weighted by Crippen LogP contribution is -2.35. The number of amides is 1. The number of piperidine rings is 1. The summed E-state index contributed by atoms with van der Waals surface area (Å²) in [7, 11) is 0. The Hall–Kier alpha value is -2.04. The molecule has 0 radical (unpaired) electrons. The quantitative estimate of drug-likeness (QED) is 0.766. The fourth-order valence-corrected chi connectivity index (χ4v) is 3.44. The van der Waals surface area contributed by atoms with Crippen LogP contribution in [0.3, 0.4) is 0 Å². The maximum atomic E-state index is 12.3. The Morgan fingerprint density at radius 2 is 1.74 bits per heavy atom. The molecule has 0 spiro atoms. The molecule has 1 aliphatic rings. The summed E-state index contributed by atoms with van der Waals surface area (Å²) in [6.45, 7) is 5.61. The minimum atomic E-state index is -0.608. The van der Waals surface area contributed by atoms with E-state index in [1.54, 1.807) is 19.1 Å². The van der Waals surface area contributed by atoms with Crippen molar-refractivity contribution in [2.75, 3.05) is 13.1 Å². The molecular formula is C22H27ClN2O2. The van der Waals surface area contributed by atoms with Gasteiger partial charge in [0.15, 0.2) is 6.10 Å². The maximum Gasteiger partial charge on any atom is 0.261 e. The van der Waals surface area contributed by atoms with E-state index < -0.39 is 6.10 Å². The molecule has 2 aromatic rings. The van der Waals surface area contributed by atoms with E-state index in [9.17, 15) is 4.79 Å². The normalized spacial score (nSPS) is 15.9. The molecule has 0 aliphatic carbocycles. The van der Waals surface area contributed by atoms with E-state index in [4.69, 9.17) is 16.3 Å². The van der Waals surface area contributed by atoms with Crippen molar-refractivity contribution >= 4 is 17.5 Å². The highest BCUT2D eigenvalue weighted by Crippen LogP contribution is 2.24. The first-order valence-corrected chi connectivity index (χ1v) is 9.98. The molecule has 1 atom stereocenters. The van der Waals surface area contributed by atoms with Crippen LogP contribution >= 0.6 is 11.6 Å². The predicted octanol–water partition coefficient (Wildman–Crippen LogP) is 4.41. The van der Waals surface area contributed by atoms with E-state index in [0.29, 0.717) is 17.3 Å². The summed E-state index contributed by atoms with van der Waals surface area (Å²) in [5.41, 5.74) is 2.40. The minimum absolute atomic E-state index is 0.160. The molecule has 1 aliphatic heterocycles. The third kappa shape index (κ3) is 5.98. The average Bonchev–Trinajstić information content (AvgIpc) is 2.69. The van der Waals surface area contributed by atoms with Crippen molar-refractivity contribution in [3.8, 4) is 5.75 Å². The molecule has 1 fully saturated rings. The van der Waals surface area contributed by atoms with Gasteiger partial charge in [-0.3, -0.25) is 9.69 Å². The van der Waals surface area contributed by atoms with Gasteiger partial charge in [0.25, 0.3) is 5.91 Å². The predicted molar refractivity (Wildman–Crippen MR) is 109 cm³/mol. The highest BCUT2D eigenvalue weighted by Gasteiger charge is 2.15. The zero-order valence-corrected chi connectivity index (χ0v) is 16.5. The van der Waals surface area contributed by atoms with Crippen molar-refractivity contribution in [2.24, 2.45) is 0 Å². The fourth-order valence-electron chi connectivity index (χ4n) is 3.26.